The van der Waals surface area contributed by atoms with Gasteiger partial charge in [-0.05, 0) is 19.1 Å². The quantitative estimate of drug-likeness (QED) is 0.751. The van der Waals surface area contributed by atoms with E-state index < -0.39 is 5.91 Å². The van der Waals surface area contributed by atoms with Gasteiger partial charge in [-0.2, -0.15) is 0 Å². The van der Waals surface area contributed by atoms with E-state index in [-0.39, 0.29) is 5.56 Å². The SMILES string of the molecule is CCn1cc(C(N)=O)n2c(cc3ccccc32)c1=O. The normalized spacial score (nSPS) is 11.2. The number of rotatable bonds is 2. The molecule has 5 nitrogen and oxygen atoms in total. The lowest BCUT2D eigenvalue weighted by atomic mass is 10.2. The number of carbonyl (C=O) groups is 1. The highest BCUT2D eigenvalue weighted by atomic mass is 16.1. The van der Waals surface area contributed by atoms with Crippen LogP contribution in [0.15, 0.2) is 41.3 Å². The molecular weight excluding hydrogens is 242 g/mol. The highest BCUT2D eigenvalue weighted by molar-refractivity contribution is 5.96. The lowest BCUT2D eigenvalue weighted by molar-refractivity contribution is 0.0993. The average Bonchev–Trinajstić information content (AvgIpc) is 2.79. The van der Waals surface area contributed by atoms with Crippen molar-refractivity contribution in [1.82, 2.24) is 8.97 Å². The number of fused-ring (bicyclic) bond motifs is 3. The van der Waals surface area contributed by atoms with Crippen molar-refractivity contribution in [1.29, 1.82) is 0 Å². The van der Waals surface area contributed by atoms with Crippen LogP contribution in [0.25, 0.3) is 16.4 Å². The van der Waals surface area contributed by atoms with Gasteiger partial charge in [-0.25, -0.2) is 0 Å². The number of carbonyl (C=O) groups excluding carboxylic acids is 1. The van der Waals surface area contributed by atoms with Gasteiger partial charge in [0.25, 0.3) is 11.5 Å². The Morgan fingerprint density at radius 1 is 1.26 bits per heavy atom. The minimum absolute atomic E-state index is 0.122. The van der Waals surface area contributed by atoms with E-state index in [2.05, 4.69) is 0 Å². The van der Waals surface area contributed by atoms with Gasteiger partial charge in [0.1, 0.15) is 11.2 Å². The minimum atomic E-state index is -0.548. The molecule has 0 atom stereocenters. The van der Waals surface area contributed by atoms with E-state index in [1.165, 1.54) is 10.8 Å². The van der Waals surface area contributed by atoms with Gasteiger partial charge in [-0.15, -0.1) is 0 Å². The number of hydrogen-bond donors (Lipinski definition) is 1. The molecular formula is C14H13N3O2. The van der Waals surface area contributed by atoms with Gasteiger partial charge in [0.05, 0.1) is 5.52 Å². The highest BCUT2D eigenvalue weighted by Gasteiger charge is 2.14. The van der Waals surface area contributed by atoms with Crippen LogP contribution in [-0.4, -0.2) is 14.9 Å². The molecule has 0 aliphatic rings. The number of aryl methyl sites for hydroxylation is 1. The molecule has 19 heavy (non-hydrogen) atoms. The Morgan fingerprint density at radius 2 is 2.00 bits per heavy atom. The zero-order valence-corrected chi connectivity index (χ0v) is 10.5. The van der Waals surface area contributed by atoms with Gasteiger partial charge in [-0.1, -0.05) is 18.2 Å². The van der Waals surface area contributed by atoms with Gasteiger partial charge in [0, 0.05) is 18.1 Å². The fourth-order valence-corrected chi connectivity index (χ4v) is 2.39. The smallest absolute Gasteiger partial charge is 0.274 e. The molecule has 1 aromatic carbocycles. The molecule has 1 amide bonds. The summed E-state index contributed by atoms with van der Waals surface area (Å²) in [6.07, 6.45) is 1.52. The van der Waals surface area contributed by atoms with Crippen LogP contribution in [0.1, 0.15) is 17.4 Å². The molecule has 0 saturated carbocycles. The zero-order chi connectivity index (χ0) is 13.6. The van der Waals surface area contributed by atoms with E-state index >= 15 is 0 Å². The maximum absolute atomic E-state index is 12.3. The van der Waals surface area contributed by atoms with Crippen LogP contribution >= 0.6 is 0 Å². The van der Waals surface area contributed by atoms with Crippen molar-refractivity contribution in [2.75, 3.05) is 0 Å². The molecule has 3 aromatic rings. The standard InChI is InChI=1S/C14H13N3O2/c1-2-16-8-12(13(15)18)17-10-6-4-3-5-9(10)7-11(17)14(16)19/h3-8H,2H2,1H3,(H2,15,18). The van der Waals surface area contributed by atoms with Gasteiger partial charge in [0.15, 0.2) is 0 Å². The van der Waals surface area contributed by atoms with Crippen molar-refractivity contribution >= 4 is 22.3 Å². The molecule has 2 aromatic heterocycles. The van der Waals surface area contributed by atoms with Crippen LogP contribution in [0.4, 0.5) is 0 Å². The number of amides is 1. The summed E-state index contributed by atoms with van der Waals surface area (Å²) >= 11 is 0. The number of benzene rings is 1. The Morgan fingerprint density at radius 3 is 2.68 bits per heavy atom. The summed E-state index contributed by atoms with van der Waals surface area (Å²) in [5, 5.41) is 0.913. The van der Waals surface area contributed by atoms with Crippen LogP contribution in [0.5, 0.6) is 0 Å². The lowest BCUT2D eigenvalue weighted by Gasteiger charge is -2.08. The number of para-hydroxylation sites is 1. The van der Waals surface area contributed by atoms with E-state index in [0.717, 1.165) is 10.9 Å². The van der Waals surface area contributed by atoms with Gasteiger partial charge in [0.2, 0.25) is 0 Å². The summed E-state index contributed by atoms with van der Waals surface area (Å²) in [6, 6.07) is 9.32. The van der Waals surface area contributed by atoms with Crippen molar-refractivity contribution in [2.24, 2.45) is 5.73 Å². The summed E-state index contributed by atoms with van der Waals surface area (Å²) in [5.74, 6) is -0.548. The van der Waals surface area contributed by atoms with Crippen LogP contribution in [0.2, 0.25) is 0 Å². The molecule has 5 heteroatoms. The Labute approximate surface area is 108 Å². The second-order valence-electron chi connectivity index (χ2n) is 4.39. The van der Waals surface area contributed by atoms with Gasteiger partial charge in [-0.3, -0.25) is 14.0 Å². The summed E-state index contributed by atoms with van der Waals surface area (Å²) in [5.41, 5.74) is 6.91. The third kappa shape index (κ3) is 1.55. The Bertz CT molecular complexity index is 858. The maximum Gasteiger partial charge on any atom is 0.274 e. The zero-order valence-electron chi connectivity index (χ0n) is 10.5. The highest BCUT2D eigenvalue weighted by Crippen LogP contribution is 2.19. The van der Waals surface area contributed by atoms with Crippen molar-refractivity contribution in [3.8, 4) is 0 Å². The van der Waals surface area contributed by atoms with E-state index in [4.69, 9.17) is 5.73 Å². The van der Waals surface area contributed by atoms with E-state index in [1.807, 2.05) is 31.2 Å². The van der Waals surface area contributed by atoms with E-state index in [9.17, 15) is 9.59 Å². The first-order valence-corrected chi connectivity index (χ1v) is 6.07. The average molecular weight is 255 g/mol. The second-order valence-corrected chi connectivity index (χ2v) is 4.39. The molecule has 2 N–H and O–H groups in total. The third-order valence-corrected chi connectivity index (χ3v) is 3.30. The predicted octanol–water partition coefficient (Wildman–Crippen LogP) is 1.37. The topological polar surface area (TPSA) is 69.5 Å². The lowest BCUT2D eigenvalue weighted by Crippen LogP contribution is -2.26. The summed E-state index contributed by atoms with van der Waals surface area (Å²) < 4.78 is 3.13. The van der Waals surface area contributed by atoms with Crippen LogP contribution < -0.4 is 11.3 Å². The molecule has 0 radical (unpaired) electrons. The number of aromatic nitrogens is 2. The number of nitrogens with two attached hydrogens (primary N) is 1. The van der Waals surface area contributed by atoms with Gasteiger partial charge >= 0.3 is 0 Å². The molecule has 96 valence electrons. The molecule has 3 rings (SSSR count). The van der Waals surface area contributed by atoms with Crippen LogP contribution in [0, 0.1) is 0 Å². The second kappa shape index (κ2) is 3.98. The third-order valence-electron chi connectivity index (χ3n) is 3.30. The van der Waals surface area contributed by atoms with Crippen molar-refractivity contribution in [2.45, 2.75) is 13.5 Å². The number of hydrogen-bond acceptors (Lipinski definition) is 2. The van der Waals surface area contributed by atoms with Gasteiger partial charge < -0.3 is 10.3 Å². The number of primary amides is 1. The van der Waals surface area contributed by atoms with Crippen LogP contribution in [0.3, 0.4) is 0 Å². The maximum atomic E-state index is 12.3. The Hall–Kier alpha value is -2.56. The molecule has 0 spiro atoms. The molecule has 0 aliphatic heterocycles. The fourth-order valence-electron chi connectivity index (χ4n) is 2.39. The largest absolute Gasteiger partial charge is 0.364 e. The Balaban J connectivity index is 2.62. The molecule has 0 fully saturated rings. The monoisotopic (exact) mass is 255 g/mol. The summed E-state index contributed by atoms with van der Waals surface area (Å²) in [4.78, 5) is 23.9. The molecule has 0 saturated heterocycles. The van der Waals surface area contributed by atoms with Crippen LogP contribution in [-0.2, 0) is 6.54 Å². The first-order valence-electron chi connectivity index (χ1n) is 6.07. The summed E-state index contributed by atoms with van der Waals surface area (Å²) in [7, 11) is 0. The molecule has 0 aliphatic carbocycles. The molecule has 0 unspecified atom stereocenters. The van der Waals surface area contributed by atoms with Crippen molar-refractivity contribution in [3.05, 3.63) is 52.6 Å². The molecule has 0 bridgehead atoms. The Kier molecular flexibility index (Phi) is 2.41. The predicted molar refractivity (Wildman–Crippen MR) is 73.4 cm³/mol. The first kappa shape index (κ1) is 11.5. The first-order chi connectivity index (χ1) is 9.13. The summed E-state index contributed by atoms with van der Waals surface area (Å²) in [6.45, 7) is 2.35. The van der Waals surface area contributed by atoms with Crippen molar-refractivity contribution < 1.29 is 4.79 Å². The van der Waals surface area contributed by atoms with E-state index in [1.54, 1.807) is 10.5 Å². The molecule has 2 heterocycles. The van der Waals surface area contributed by atoms with Crippen molar-refractivity contribution in [3.63, 3.8) is 0 Å². The minimum Gasteiger partial charge on any atom is -0.364 e. The fraction of sp³-hybridized carbons (Fsp3) is 0.143. The number of nitrogens with zero attached hydrogens (tertiary/aromatic N) is 2. The van der Waals surface area contributed by atoms with E-state index in [0.29, 0.717) is 17.8 Å².